The molecule has 3 unspecified atom stereocenters. The minimum atomic E-state index is -4.36. The van der Waals surface area contributed by atoms with Gasteiger partial charge in [0, 0.05) is 22.6 Å². The molecule has 2 amide bonds. The Morgan fingerprint density at radius 1 is 1.07 bits per heavy atom. The summed E-state index contributed by atoms with van der Waals surface area (Å²) >= 11 is 0. The topological polar surface area (TPSA) is 107 Å². The van der Waals surface area contributed by atoms with Crippen LogP contribution >= 0.6 is 0 Å². The van der Waals surface area contributed by atoms with Crippen molar-refractivity contribution < 1.29 is 31.8 Å². The molecule has 2 aromatic rings. The van der Waals surface area contributed by atoms with Gasteiger partial charge in [0.25, 0.3) is 21.9 Å². The lowest BCUT2D eigenvalue weighted by Crippen LogP contribution is -2.43. The first kappa shape index (κ1) is 27.4. The molecule has 4 atom stereocenters. The number of carbonyl (C=O) groups is 3. The number of amides is 2. The zero-order valence-corrected chi connectivity index (χ0v) is 24.4. The number of ether oxygens (including phenoxy) is 1. The first-order chi connectivity index (χ1) is 18.9. The van der Waals surface area contributed by atoms with Gasteiger partial charge in [0.15, 0.2) is 0 Å². The lowest BCUT2D eigenvalue weighted by Gasteiger charge is -2.27. The minimum Gasteiger partial charge on any atom is -0.493 e. The molecule has 8 nitrogen and oxygen atoms in total. The van der Waals surface area contributed by atoms with E-state index in [9.17, 15) is 22.8 Å². The third-order valence-electron chi connectivity index (χ3n) is 10.5. The molecule has 6 rings (SSSR count). The van der Waals surface area contributed by atoms with Crippen LogP contribution in [0.15, 0.2) is 30.3 Å². The standard InChI is InChI=1S/C31H37NO7S/c1-5-7-9-19(6-2)16-38-22-12-20-10-8-11-23-26(20)24(14-22)28(35)32(27(23)34)39-40(36,37)18-30-15-21-13-25(33)31(30,17-30)29(21,3)4/h8,10-12,14,19,21H,5-7,9,13,15-18H2,1-4H3/t19?,21?,30-,31?/m1/s1. The van der Waals surface area contributed by atoms with Crippen LogP contribution in [0.25, 0.3) is 10.8 Å². The second-order valence-electron chi connectivity index (χ2n) is 12.9. The zero-order valence-electron chi connectivity index (χ0n) is 23.6. The lowest BCUT2D eigenvalue weighted by molar-refractivity contribution is -0.125. The summed E-state index contributed by atoms with van der Waals surface area (Å²) in [6.07, 6.45) is 5.88. The van der Waals surface area contributed by atoms with Crippen LogP contribution in [0.2, 0.25) is 0 Å². The summed E-state index contributed by atoms with van der Waals surface area (Å²) in [5, 5.41) is 1.50. The normalized spacial score (nSPS) is 28.8. The molecule has 0 N–H and O–H groups in total. The molecule has 40 heavy (non-hydrogen) atoms. The van der Waals surface area contributed by atoms with E-state index in [0.717, 1.165) is 25.7 Å². The van der Waals surface area contributed by atoms with Gasteiger partial charge in [-0.25, -0.2) is 0 Å². The number of fused-ring (bicyclic) bond motifs is 1. The van der Waals surface area contributed by atoms with Crippen LogP contribution in [-0.2, 0) is 19.2 Å². The third kappa shape index (κ3) is 3.80. The average Bonchev–Trinajstić information content (AvgIpc) is 3.50. The predicted molar refractivity (Wildman–Crippen MR) is 149 cm³/mol. The van der Waals surface area contributed by atoms with E-state index in [1.165, 1.54) is 0 Å². The monoisotopic (exact) mass is 567 g/mol. The molecule has 2 bridgehead atoms. The highest BCUT2D eigenvalue weighted by Crippen LogP contribution is 2.86. The van der Waals surface area contributed by atoms with Crippen LogP contribution in [0.3, 0.4) is 0 Å². The molecule has 0 radical (unpaired) electrons. The van der Waals surface area contributed by atoms with Crippen molar-refractivity contribution in [1.29, 1.82) is 0 Å². The Kier molecular flexibility index (Phi) is 6.24. The summed E-state index contributed by atoms with van der Waals surface area (Å²) in [6.45, 7) is 8.88. The van der Waals surface area contributed by atoms with Crippen LogP contribution in [0.1, 0.15) is 93.4 Å². The number of hydrogen-bond acceptors (Lipinski definition) is 7. The Bertz CT molecular complexity index is 1550. The number of Topliss-reactive ketones (excluding diaryl/α,β-unsaturated/α-hetero) is 1. The van der Waals surface area contributed by atoms with Crippen molar-refractivity contribution in [2.24, 2.45) is 28.1 Å². The van der Waals surface area contributed by atoms with E-state index in [1.807, 2.05) is 19.9 Å². The van der Waals surface area contributed by atoms with E-state index in [2.05, 4.69) is 13.8 Å². The SMILES string of the molecule is CCCCC(CC)COc1cc2c3c(cccc3c1)C(=O)N(OS(=O)(=O)C[C@]13CC4CC(=O)C1(C3)C4(C)C)C2=O. The fraction of sp³-hybridized carbons (Fsp3) is 0.581. The zero-order chi connectivity index (χ0) is 28.7. The van der Waals surface area contributed by atoms with Crippen LogP contribution in [-0.4, -0.2) is 43.4 Å². The summed E-state index contributed by atoms with van der Waals surface area (Å²) in [7, 11) is -4.36. The molecule has 0 saturated heterocycles. The highest BCUT2D eigenvalue weighted by atomic mass is 32.2. The highest BCUT2D eigenvalue weighted by Gasteiger charge is 2.86. The summed E-state index contributed by atoms with van der Waals surface area (Å²) in [5.74, 6) is -0.915. The molecule has 3 aliphatic carbocycles. The number of nitrogens with zero attached hydrogens (tertiary/aromatic N) is 1. The Morgan fingerprint density at radius 2 is 1.82 bits per heavy atom. The number of benzene rings is 2. The van der Waals surface area contributed by atoms with Gasteiger partial charge in [-0.15, -0.1) is 9.35 Å². The third-order valence-corrected chi connectivity index (χ3v) is 11.8. The highest BCUT2D eigenvalue weighted by molar-refractivity contribution is 7.86. The van der Waals surface area contributed by atoms with E-state index in [4.69, 9.17) is 9.02 Å². The second-order valence-corrected chi connectivity index (χ2v) is 14.4. The Balaban J connectivity index is 1.26. The van der Waals surface area contributed by atoms with Crippen molar-refractivity contribution in [1.82, 2.24) is 5.06 Å². The van der Waals surface area contributed by atoms with Gasteiger partial charge in [-0.3, -0.25) is 14.4 Å². The fourth-order valence-electron chi connectivity index (χ4n) is 8.21. The molecule has 1 heterocycles. The maximum Gasteiger partial charge on any atom is 0.289 e. The van der Waals surface area contributed by atoms with Gasteiger partial charge >= 0.3 is 0 Å². The minimum absolute atomic E-state index is 0.127. The van der Waals surface area contributed by atoms with Gasteiger partial charge < -0.3 is 4.74 Å². The number of rotatable bonds is 11. The fourth-order valence-corrected chi connectivity index (χ4v) is 9.77. The Morgan fingerprint density at radius 3 is 2.50 bits per heavy atom. The molecule has 1 aliphatic heterocycles. The summed E-state index contributed by atoms with van der Waals surface area (Å²) in [6, 6.07) is 8.44. The largest absolute Gasteiger partial charge is 0.493 e. The molecule has 0 aromatic heterocycles. The summed E-state index contributed by atoms with van der Waals surface area (Å²) in [5.41, 5.74) is -1.26. The molecular formula is C31H37NO7S. The van der Waals surface area contributed by atoms with Gasteiger partial charge in [-0.2, -0.15) is 8.42 Å². The van der Waals surface area contributed by atoms with Crippen molar-refractivity contribution in [3.05, 3.63) is 41.5 Å². The maximum atomic E-state index is 13.6. The molecule has 9 heteroatoms. The van der Waals surface area contributed by atoms with E-state index in [1.54, 1.807) is 24.3 Å². The molecule has 2 aromatic carbocycles. The average molecular weight is 568 g/mol. The summed E-state index contributed by atoms with van der Waals surface area (Å²) < 4.78 is 38.2. The van der Waals surface area contributed by atoms with Crippen molar-refractivity contribution in [3.63, 3.8) is 0 Å². The molecule has 3 saturated carbocycles. The van der Waals surface area contributed by atoms with Crippen LogP contribution in [0.4, 0.5) is 0 Å². The van der Waals surface area contributed by atoms with Crippen molar-refractivity contribution in [2.75, 3.05) is 12.4 Å². The van der Waals surface area contributed by atoms with Gasteiger partial charge in [0.2, 0.25) is 0 Å². The smallest absolute Gasteiger partial charge is 0.289 e. The number of carbonyl (C=O) groups excluding carboxylic acids is 3. The first-order valence-corrected chi connectivity index (χ1v) is 16.0. The van der Waals surface area contributed by atoms with Gasteiger partial charge in [-0.1, -0.05) is 59.1 Å². The number of hydroxylamine groups is 2. The number of hydrogen-bond donors (Lipinski definition) is 0. The Hall–Kier alpha value is -2.78. The van der Waals surface area contributed by atoms with Gasteiger partial charge in [0.1, 0.15) is 11.5 Å². The number of unbranched alkanes of at least 4 members (excludes halogenated alkanes) is 1. The van der Waals surface area contributed by atoms with Crippen LogP contribution in [0, 0.1) is 28.1 Å². The number of ketones is 1. The molecule has 214 valence electrons. The molecular weight excluding hydrogens is 530 g/mol. The van der Waals surface area contributed by atoms with Gasteiger partial charge in [-0.05, 0) is 60.1 Å². The van der Waals surface area contributed by atoms with Crippen molar-refractivity contribution in [2.45, 2.75) is 72.6 Å². The van der Waals surface area contributed by atoms with Crippen LogP contribution in [0.5, 0.6) is 5.75 Å². The molecule has 1 spiro atoms. The maximum absolute atomic E-state index is 13.6. The number of imide groups is 1. The first-order valence-electron chi connectivity index (χ1n) is 14.4. The van der Waals surface area contributed by atoms with E-state index >= 15 is 0 Å². The van der Waals surface area contributed by atoms with E-state index in [-0.39, 0.29) is 34.0 Å². The van der Waals surface area contributed by atoms with Crippen molar-refractivity contribution >= 4 is 38.5 Å². The molecule has 3 fully saturated rings. The summed E-state index contributed by atoms with van der Waals surface area (Å²) in [4.78, 5) is 39.8. The lowest BCUT2D eigenvalue weighted by atomic mass is 9.76. The van der Waals surface area contributed by atoms with E-state index in [0.29, 0.717) is 53.4 Å². The van der Waals surface area contributed by atoms with Crippen LogP contribution < -0.4 is 4.74 Å². The predicted octanol–water partition coefficient (Wildman–Crippen LogP) is 5.69. The second kappa shape index (κ2) is 9.11. The Labute approximate surface area is 235 Å². The van der Waals surface area contributed by atoms with E-state index < -0.39 is 32.8 Å². The van der Waals surface area contributed by atoms with Crippen molar-refractivity contribution in [3.8, 4) is 5.75 Å². The molecule has 4 aliphatic rings. The van der Waals surface area contributed by atoms with Gasteiger partial charge in [0.05, 0.1) is 23.5 Å². The quantitative estimate of drug-likeness (QED) is 0.321.